The number of aliphatic hydroxyl groups excluding tert-OH is 1. The van der Waals surface area contributed by atoms with Crippen LogP contribution in [0, 0.1) is 0 Å². The first-order valence-corrected chi connectivity index (χ1v) is 14.8. The molecule has 0 spiro atoms. The smallest absolute Gasteiger partial charge is 0.290 e. The molecule has 210 valence electrons. The third kappa shape index (κ3) is 11.0. The van der Waals surface area contributed by atoms with Crippen LogP contribution in [0.2, 0.25) is 5.02 Å². The fraction of sp³-hybridized carbons (Fsp3) is 0.259. The Hall–Kier alpha value is -2.96. The van der Waals surface area contributed by atoms with Crippen molar-refractivity contribution < 1.29 is 33.0 Å². The van der Waals surface area contributed by atoms with E-state index in [1.54, 1.807) is 0 Å². The normalized spacial score (nSPS) is 10.8. The lowest BCUT2D eigenvalue weighted by atomic mass is 10.1. The predicted molar refractivity (Wildman–Crippen MR) is 153 cm³/mol. The van der Waals surface area contributed by atoms with E-state index in [4.69, 9.17) is 31.3 Å². The van der Waals surface area contributed by atoms with Crippen LogP contribution in [0.25, 0.3) is 0 Å². The molecule has 1 amide bonds. The van der Waals surface area contributed by atoms with Crippen LogP contribution in [0.1, 0.15) is 27.0 Å². The zero-order chi connectivity index (χ0) is 28.8. The van der Waals surface area contributed by atoms with E-state index < -0.39 is 9.84 Å². The van der Waals surface area contributed by atoms with Gasteiger partial charge in [0.15, 0.2) is 9.84 Å². The fourth-order valence-corrected chi connectivity index (χ4v) is 4.88. The summed E-state index contributed by atoms with van der Waals surface area (Å²) in [6, 6.07) is 17.8. The largest absolute Gasteiger partial charge is 0.489 e. The molecular weight excluding hydrogens is 612 g/mol. The van der Waals surface area contributed by atoms with E-state index in [0.717, 1.165) is 33.2 Å². The minimum absolute atomic E-state index is 0.0692. The molecule has 9 nitrogen and oxygen atoms in total. The van der Waals surface area contributed by atoms with E-state index in [0.29, 0.717) is 32.7 Å². The lowest BCUT2D eigenvalue weighted by molar-refractivity contribution is -0.122. The Balaban J connectivity index is 0.00000170. The number of carboxylic acid groups (broad SMARTS) is 1. The van der Waals surface area contributed by atoms with Gasteiger partial charge in [-0.1, -0.05) is 51.8 Å². The van der Waals surface area contributed by atoms with Gasteiger partial charge >= 0.3 is 0 Å². The number of amides is 1. The molecule has 0 fully saturated rings. The van der Waals surface area contributed by atoms with E-state index in [1.807, 2.05) is 42.5 Å². The van der Waals surface area contributed by atoms with Gasteiger partial charge in [0.25, 0.3) is 12.4 Å². The van der Waals surface area contributed by atoms with Gasteiger partial charge in [0.05, 0.1) is 22.1 Å². The molecule has 0 saturated heterocycles. The van der Waals surface area contributed by atoms with E-state index in [2.05, 4.69) is 26.6 Å². The molecule has 12 heteroatoms. The molecule has 3 aromatic rings. The Morgan fingerprint density at radius 1 is 1.08 bits per heavy atom. The van der Waals surface area contributed by atoms with Gasteiger partial charge in [0, 0.05) is 35.9 Å². The van der Waals surface area contributed by atoms with Gasteiger partial charge in [0.2, 0.25) is 0 Å². The molecule has 0 atom stereocenters. The van der Waals surface area contributed by atoms with E-state index in [9.17, 15) is 13.2 Å². The predicted octanol–water partition coefficient (Wildman–Crippen LogP) is 3.84. The fourth-order valence-electron chi connectivity index (χ4n) is 3.49. The Labute approximate surface area is 241 Å². The number of carbonyl (C=O) groups excluding carboxylic acids is 1. The Bertz CT molecular complexity index is 1370. The van der Waals surface area contributed by atoms with Gasteiger partial charge in [-0.3, -0.25) is 9.59 Å². The zero-order valence-electron chi connectivity index (χ0n) is 21.2. The van der Waals surface area contributed by atoms with Crippen LogP contribution in [0.15, 0.2) is 70.0 Å². The highest BCUT2D eigenvalue weighted by Crippen LogP contribution is 2.24. The second kappa shape index (κ2) is 16.2. The van der Waals surface area contributed by atoms with Crippen LogP contribution in [0.4, 0.5) is 0 Å². The van der Waals surface area contributed by atoms with Crippen molar-refractivity contribution >= 4 is 49.7 Å². The van der Waals surface area contributed by atoms with Gasteiger partial charge in [0.1, 0.15) is 12.4 Å². The number of ether oxygens (including phenoxy) is 1. The van der Waals surface area contributed by atoms with Crippen molar-refractivity contribution in [3.63, 3.8) is 0 Å². The Morgan fingerprint density at radius 3 is 2.46 bits per heavy atom. The first-order valence-electron chi connectivity index (χ1n) is 11.7. The second-order valence-corrected chi connectivity index (χ2v) is 11.6. The minimum Gasteiger partial charge on any atom is -0.489 e. The highest BCUT2D eigenvalue weighted by molar-refractivity contribution is 9.10. The van der Waals surface area contributed by atoms with Gasteiger partial charge in [-0.15, -0.1) is 0 Å². The summed E-state index contributed by atoms with van der Waals surface area (Å²) in [5, 5.41) is 22.0. The summed E-state index contributed by atoms with van der Waals surface area (Å²) < 4.78 is 30.3. The topological polar surface area (TPSA) is 142 Å². The molecule has 0 heterocycles. The highest BCUT2D eigenvalue weighted by atomic mass is 79.9. The second-order valence-electron chi connectivity index (χ2n) is 8.29. The molecular formula is C27H30BrClN2O7S. The highest BCUT2D eigenvalue weighted by Gasteiger charge is 2.14. The van der Waals surface area contributed by atoms with Crippen molar-refractivity contribution in [3.05, 3.63) is 92.4 Å². The van der Waals surface area contributed by atoms with E-state index >= 15 is 0 Å². The third-order valence-electron chi connectivity index (χ3n) is 5.32. The molecule has 0 aromatic heterocycles. The average molecular weight is 642 g/mol. The quantitative estimate of drug-likeness (QED) is 0.173. The summed E-state index contributed by atoms with van der Waals surface area (Å²) in [7, 11) is -3.40. The third-order valence-corrected chi connectivity index (χ3v) is 7.24. The van der Waals surface area contributed by atoms with Crippen LogP contribution < -0.4 is 15.4 Å². The average Bonchev–Trinajstić information content (AvgIpc) is 2.88. The van der Waals surface area contributed by atoms with Crippen LogP contribution in [-0.4, -0.2) is 57.0 Å². The van der Waals surface area contributed by atoms with Crippen molar-refractivity contribution in [2.24, 2.45) is 0 Å². The molecule has 0 radical (unpaired) electrons. The van der Waals surface area contributed by atoms with Crippen molar-refractivity contribution in [1.82, 2.24) is 10.6 Å². The summed E-state index contributed by atoms with van der Waals surface area (Å²) in [6.07, 6.45) is 1.69. The van der Waals surface area contributed by atoms with Gasteiger partial charge in [-0.25, -0.2) is 8.42 Å². The number of halogens is 2. The molecule has 0 saturated carbocycles. The number of hydrogen-bond donors (Lipinski definition) is 4. The maximum absolute atomic E-state index is 12.5. The van der Waals surface area contributed by atoms with Crippen LogP contribution in [0.3, 0.4) is 0 Å². The number of rotatable bonds is 12. The van der Waals surface area contributed by atoms with Crippen molar-refractivity contribution in [1.29, 1.82) is 0 Å². The number of aliphatic hydroxyl groups is 1. The van der Waals surface area contributed by atoms with Crippen molar-refractivity contribution in [2.45, 2.75) is 24.5 Å². The van der Waals surface area contributed by atoms with E-state index in [-0.39, 0.29) is 34.5 Å². The van der Waals surface area contributed by atoms with Crippen LogP contribution >= 0.6 is 27.5 Å². The lowest BCUT2D eigenvalue weighted by Crippen LogP contribution is -2.26. The monoisotopic (exact) mass is 640 g/mol. The lowest BCUT2D eigenvalue weighted by Gasteiger charge is -2.13. The number of nitrogens with one attached hydrogen (secondary N) is 2. The summed E-state index contributed by atoms with van der Waals surface area (Å²) in [5.41, 5.74) is 3.25. The number of carbonyl (C=O) groups is 2. The zero-order valence-corrected chi connectivity index (χ0v) is 24.4. The molecule has 3 aromatic carbocycles. The van der Waals surface area contributed by atoms with E-state index in [1.165, 1.54) is 18.2 Å². The number of sulfone groups is 1. The summed E-state index contributed by atoms with van der Waals surface area (Å²) >= 11 is 9.61. The molecule has 0 aliphatic heterocycles. The SMILES string of the molecule is CS(=O)(=O)c1ccc(C(=O)NCCc2cccc(COc3ccc(Br)cc3CNCCO)c2)c(Cl)c1.O=CO. The molecule has 0 unspecified atom stereocenters. The van der Waals surface area contributed by atoms with Crippen molar-refractivity contribution in [2.75, 3.05) is 26.0 Å². The molecule has 0 aliphatic carbocycles. The number of hydrogen-bond acceptors (Lipinski definition) is 7. The van der Waals surface area contributed by atoms with Crippen molar-refractivity contribution in [3.8, 4) is 5.75 Å². The van der Waals surface area contributed by atoms with Crippen LogP contribution in [0.5, 0.6) is 5.75 Å². The summed E-state index contributed by atoms with van der Waals surface area (Å²) in [6.45, 7) is 1.68. The van der Waals surface area contributed by atoms with Gasteiger partial charge in [-0.2, -0.15) is 0 Å². The summed E-state index contributed by atoms with van der Waals surface area (Å²) in [4.78, 5) is 20.9. The molecule has 4 N–H and O–H groups in total. The molecule has 0 aliphatic rings. The standard InChI is InChI=1S/C26H28BrClN2O5S.CH2O2/c1-36(33,34)22-6-7-23(24(28)15-22)26(32)30-10-9-18-3-2-4-19(13-18)17-35-25-8-5-21(27)14-20(25)16-29-11-12-31;2-1-3/h2-8,13-15,29,31H,9-12,16-17H2,1H3,(H,30,32);1H,(H,2,3). The van der Waals surface area contributed by atoms with Gasteiger partial charge < -0.3 is 25.6 Å². The van der Waals surface area contributed by atoms with Crippen LogP contribution in [-0.2, 0) is 34.2 Å². The number of benzene rings is 3. The Kier molecular flexibility index (Phi) is 13.4. The Morgan fingerprint density at radius 2 is 1.79 bits per heavy atom. The first kappa shape index (κ1) is 32.3. The summed E-state index contributed by atoms with van der Waals surface area (Å²) in [5.74, 6) is 0.400. The maximum Gasteiger partial charge on any atom is 0.290 e. The van der Waals surface area contributed by atoms with Gasteiger partial charge in [-0.05, 0) is 53.9 Å². The maximum atomic E-state index is 12.5. The molecule has 0 bridgehead atoms. The molecule has 39 heavy (non-hydrogen) atoms. The first-order chi connectivity index (χ1) is 18.6. The minimum atomic E-state index is -3.40. The molecule has 3 rings (SSSR count).